The Morgan fingerprint density at radius 1 is 1.03 bits per heavy atom. The number of anilines is 1. The monoisotopic (exact) mass is 403 g/mol. The molecule has 0 saturated carbocycles. The standard InChI is InChI=1S/C23H21N3O2S/c1-2-28-20-15-9-8-14-19(20)24-22(27)21(16-10-4-3-5-11-16)29-23-25-17-12-6-7-13-18(17)26-23/h3-15,21H,2H2,1H3,(H,24,27)(H,25,26)/t21-/m0/s1. The third-order valence-electron chi connectivity index (χ3n) is 4.38. The van der Waals surface area contributed by atoms with E-state index in [-0.39, 0.29) is 5.91 Å². The third kappa shape index (κ3) is 4.43. The summed E-state index contributed by atoms with van der Waals surface area (Å²) in [4.78, 5) is 21.2. The highest BCUT2D eigenvalue weighted by atomic mass is 32.2. The molecule has 1 heterocycles. The molecule has 0 fully saturated rings. The number of hydrogen-bond donors (Lipinski definition) is 2. The van der Waals surface area contributed by atoms with Crippen LogP contribution in [0.15, 0.2) is 84.0 Å². The van der Waals surface area contributed by atoms with Crippen molar-refractivity contribution in [1.82, 2.24) is 9.97 Å². The molecule has 0 unspecified atom stereocenters. The van der Waals surface area contributed by atoms with Crippen LogP contribution in [0.25, 0.3) is 11.0 Å². The molecular weight excluding hydrogens is 382 g/mol. The van der Waals surface area contributed by atoms with Crippen LogP contribution in [0.5, 0.6) is 5.75 Å². The molecule has 2 N–H and O–H groups in total. The molecule has 1 aromatic heterocycles. The summed E-state index contributed by atoms with van der Waals surface area (Å²) in [7, 11) is 0. The number of hydrogen-bond acceptors (Lipinski definition) is 4. The zero-order valence-electron chi connectivity index (χ0n) is 16.0. The molecule has 0 spiro atoms. The Morgan fingerprint density at radius 2 is 1.76 bits per heavy atom. The molecule has 3 aromatic carbocycles. The van der Waals surface area contributed by atoms with E-state index >= 15 is 0 Å². The van der Waals surface area contributed by atoms with Crippen LogP contribution in [-0.4, -0.2) is 22.5 Å². The van der Waals surface area contributed by atoms with Gasteiger partial charge in [-0.05, 0) is 36.8 Å². The molecule has 0 aliphatic rings. The fourth-order valence-corrected chi connectivity index (χ4v) is 4.05. The third-order valence-corrected chi connectivity index (χ3v) is 5.52. The number of H-pyrrole nitrogens is 1. The predicted octanol–water partition coefficient (Wildman–Crippen LogP) is 5.43. The number of para-hydroxylation sites is 4. The van der Waals surface area contributed by atoms with E-state index < -0.39 is 5.25 Å². The second-order valence-electron chi connectivity index (χ2n) is 6.39. The minimum Gasteiger partial charge on any atom is -0.492 e. The zero-order chi connectivity index (χ0) is 20.1. The number of amides is 1. The number of carbonyl (C=O) groups excluding carboxylic acids is 1. The normalized spacial score (nSPS) is 11.9. The summed E-state index contributed by atoms with van der Waals surface area (Å²) in [6.07, 6.45) is 0. The maximum Gasteiger partial charge on any atom is 0.242 e. The Morgan fingerprint density at radius 3 is 2.55 bits per heavy atom. The molecule has 4 aromatic rings. The molecule has 4 rings (SSSR count). The fraction of sp³-hybridized carbons (Fsp3) is 0.130. The van der Waals surface area contributed by atoms with Crippen LogP contribution in [0, 0.1) is 0 Å². The summed E-state index contributed by atoms with van der Waals surface area (Å²) in [5.74, 6) is 0.526. The first-order valence-electron chi connectivity index (χ1n) is 9.43. The van der Waals surface area contributed by atoms with Gasteiger partial charge < -0.3 is 15.0 Å². The van der Waals surface area contributed by atoms with Gasteiger partial charge in [-0.1, -0.05) is 66.4 Å². The topological polar surface area (TPSA) is 67.0 Å². The average molecular weight is 404 g/mol. The Kier molecular flexibility index (Phi) is 5.81. The van der Waals surface area contributed by atoms with Gasteiger partial charge in [0.1, 0.15) is 11.0 Å². The highest BCUT2D eigenvalue weighted by Crippen LogP contribution is 2.36. The molecular formula is C23H21N3O2S. The van der Waals surface area contributed by atoms with Gasteiger partial charge >= 0.3 is 0 Å². The van der Waals surface area contributed by atoms with Gasteiger partial charge in [-0.2, -0.15) is 0 Å². The Bertz CT molecular complexity index is 1080. The van der Waals surface area contributed by atoms with Gasteiger partial charge in [-0.15, -0.1) is 0 Å². The molecule has 1 atom stereocenters. The van der Waals surface area contributed by atoms with E-state index in [1.165, 1.54) is 11.8 Å². The summed E-state index contributed by atoms with van der Waals surface area (Å²) in [6.45, 7) is 2.45. The summed E-state index contributed by atoms with van der Waals surface area (Å²) in [5, 5.41) is 3.26. The molecule has 0 radical (unpaired) electrons. The number of aromatic amines is 1. The number of thioether (sulfide) groups is 1. The van der Waals surface area contributed by atoms with Crippen molar-refractivity contribution in [2.24, 2.45) is 0 Å². The lowest BCUT2D eigenvalue weighted by Crippen LogP contribution is -2.19. The second-order valence-corrected chi connectivity index (χ2v) is 7.48. The quantitative estimate of drug-likeness (QED) is 0.404. The van der Waals surface area contributed by atoms with E-state index in [4.69, 9.17) is 4.74 Å². The molecule has 29 heavy (non-hydrogen) atoms. The van der Waals surface area contributed by atoms with E-state index in [9.17, 15) is 4.79 Å². The minimum atomic E-state index is -0.466. The lowest BCUT2D eigenvalue weighted by Gasteiger charge is -2.17. The molecule has 6 heteroatoms. The van der Waals surface area contributed by atoms with Crippen molar-refractivity contribution in [2.45, 2.75) is 17.3 Å². The Labute approximate surface area is 173 Å². The Balaban J connectivity index is 1.63. The van der Waals surface area contributed by atoms with Crippen molar-refractivity contribution in [3.63, 3.8) is 0 Å². The van der Waals surface area contributed by atoms with Crippen LogP contribution < -0.4 is 10.1 Å². The van der Waals surface area contributed by atoms with Crippen molar-refractivity contribution in [2.75, 3.05) is 11.9 Å². The summed E-state index contributed by atoms with van der Waals surface area (Å²) in [6, 6.07) is 25.0. The van der Waals surface area contributed by atoms with Crippen molar-refractivity contribution in [1.29, 1.82) is 0 Å². The summed E-state index contributed by atoms with van der Waals surface area (Å²) in [5.41, 5.74) is 3.39. The number of nitrogens with zero attached hydrogens (tertiary/aromatic N) is 1. The van der Waals surface area contributed by atoms with Crippen molar-refractivity contribution < 1.29 is 9.53 Å². The van der Waals surface area contributed by atoms with Crippen LogP contribution in [0.3, 0.4) is 0 Å². The average Bonchev–Trinajstić information content (AvgIpc) is 3.17. The number of nitrogens with one attached hydrogen (secondary N) is 2. The maximum absolute atomic E-state index is 13.3. The first-order chi connectivity index (χ1) is 14.2. The van der Waals surface area contributed by atoms with Gasteiger partial charge in [-0.25, -0.2) is 4.98 Å². The highest BCUT2D eigenvalue weighted by molar-refractivity contribution is 8.00. The van der Waals surface area contributed by atoms with E-state index in [0.717, 1.165) is 16.6 Å². The molecule has 0 aliphatic heterocycles. The smallest absolute Gasteiger partial charge is 0.242 e. The van der Waals surface area contributed by atoms with E-state index in [2.05, 4.69) is 15.3 Å². The first kappa shape index (κ1) is 19.1. The first-order valence-corrected chi connectivity index (χ1v) is 10.3. The predicted molar refractivity (Wildman–Crippen MR) is 117 cm³/mol. The molecule has 146 valence electrons. The van der Waals surface area contributed by atoms with E-state index in [1.807, 2.05) is 85.8 Å². The number of aromatic nitrogens is 2. The maximum atomic E-state index is 13.3. The molecule has 0 bridgehead atoms. The minimum absolute atomic E-state index is 0.131. The fourth-order valence-electron chi connectivity index (χ4n) is 3.05. The zero-order valence-corrected chi connectivity index (χ0v) is 16.8. The SMILES string of the molecule is CCOc1ccccc1NC(=O)[C@@H](Sc1nc2ccccc2[nH]1)c1ccccc1. The number of benzene rings is 3. The Hall–Kier alpha value is -3.25. The number of fused-ring (bicyclic) bond motifs is 1. The number of imidazole rings is 1. The van der Waals surface area contributed by atoms with Crippen molar-refractivity contribution in [3.05, 3.63) is 84.4 Å². The van der Waals surface area contributed by atoms with Crippen LogP contribution >= 0.6 is 11.8 Å². The van der Waals surface area contributed by atoms with Gasteiger partial charge in [0.2, 0.25) is 5.91 Å². The van der Waals surface area contributed by atoms with Gasteiger partial charge in [-0.3, -0.25) is 4.79 Å². The summed E-state index contributed by atoms with van der Waals surface area (Å²) < 4.78 is 5.64. The van der Waals surface area contributed by atoms with Crippen molar-refractivity contribution >= 4 is 34.4 Å². The largest absolute Gasteiger partial charge is 0.492 e. The van der Waals surface area contributed by atoms with Gasteiger partial charge in [0, 0.05) is 0 Å². The lowest BCUT2D eigenvalue weighted by molar-refractivity contribution is -0.115. The van der Waals surface area contributed by atoms with Crippen LogP contribution in [-0.2, 0) is 4.79 Å². The van der Waals surface area contributed by atoms with Crippen LogP contribution in [0.1, 0.15) is 17.7 Å². The van der Waals surface area contributed by atoms with Crippen LogP contribution in [0.4, 0.5) is 5.69 Å². The van der Waals surface area contributed by atoms with E-state index in [0.29, 0.717) is 23.2 Å². The van der Waals surface area contributed by atoms with E-state index in [1.54, 1.807) is 0 Å². The molecule has 0 saturated heterocycles. The number of rotatable bonds is 7. The van der Waals surface area contributed by atoms with Gasteiger partial charge in [0.05, 0.1) is 23.3 Å². The van der Waals surface area contributed by atoms with Crippen molar-refractivity contribution in [3.8, 4) is 5.75 Å². The highest BCUT2D eigenvalue weighted by Gasteiger charge is 2.24. The lowest BCUT2D eigenvalue weighted by atomic mass is 10.1. The molecule has 5 nitrogen and oxygen atoms in total. The van der Waals surface area contributed by atoms with Gasteiger partial charge in [0.25, 0.3) is 0 Å². The molecule has 1 amide bonds. The second kappa shape index (κ2) is 8.84. The molecule has 0 aliphatic carbocycles. The van der Waals surface area contributed by atoms with Crippen LogP contribution in [0.2, 0.25) is 0 Å². The number of ether oxygens (including phenoxy) is 1. The number of carbonyl (C=O) groups is 1. The van der Waals surface area contributed by atoms with Gasteiger partial charge in [0.15, 0.2) is 5.16 Å². The summed E-state index contributed by atoms with van der Waals surface area (Å²) >= 11 is 1.39.